The summed E-state index contributed by atoms with van der Waals surface area (Å²) in [5.41, 5.74) is 2.22. The first kappa shape index (κ1) is 23.3. The summed E-state index contributed by atoms with van der Waals surface area (Å²) in [5.74, 6) is 2.16. The van der Waals surface area contributed by atoms with Gasteiger partial charge >= 0.3 is 0 Å². The fourth-order valence-corrected chi connectivity index (χ4v) is 3.10. The number of methoxy groups -OCH3 is 2. The quantitative estimate of drug-likeness (QED) is 0.269. The second-order valence-corrected chi connectivity index (χ2v) is 7.03. The van der Waals surface area contributed by atoms with Gasteiger partial charge in [0.1, 0.15) is 17.2 Å². The molecule has 0 saturated heterocycles. The Labute approximate surface area is 179 Å². The molecule has 30 heavy (non-hydrogen) atoms. The van der Waals surface area contributed by atoms with Crippen LogP contribution in [0.2, 0.25) is 0 Å². The molecule has 0 amide bonds. The van der Waals surface area contributed by atoms with Gasteiger partial charge in [0, 0.05) is 12.7 Å². The zero-order valence-corrected chi connectivity index (χ0v) is 17.9. The highest BCUT2D eigenvalue weighted by Gasteiger charge is 2.05. The Morgan fingerprint density at radius 3 is 2.03 bits per heavy atom. The van der Waals surface area contributed by atoms with Gasteiger partial charge in [0.05, 0.1) is 32.5 Å². The number of aliphatic hydroxyl groups is 1. The summed E-state index contributed by atoms with van der Waals surface area (Å²) in [6.07, 6.45) is 8.29. The first-order valence-corrected chi connectivity index (χ1v) is 10.4. The Bertz CT molecular complexity index is 815. The first-order valence-electron chi connectivity index (χ1n) is 10.4. The molecular formula is C25H31NO4. The Morgan fingerprint density at radius 1 is 0.867 bits per heavy atom. The summed E-state index contributed by atoms with van der Waals surface area (Å²) in [5, 5.41) is 18.4. The van der Waals surface area contributed by atoms with Crippen molar-refractivity contribution < 1.29 is 19.3 Å². The van der Waals surface area contributed by atoms with Gasteiger partial charge in [-0.15, -0.1) is 0 Å². The minimum atomic E-state index is 0.287. The van der Waals surface area contributed by atoms with Gasteiger partial charge in [0.15, 0.2) is 0 Å². The van der Waals surface area contributed by atoms with E-state index in [1.165, 1.54) is 6.42 Å². The van der Waals surface area contributed by atoms with E-state index in [0.717, 1.165) is 49.0 Å². The Morgan fingerprint density at radius 2 is 1.47 bits per heavy atom. The van der Waals surface area contributed by atoms with Crippen LogP contribution < -0.4 is 14.2 Å². The topological polar surface area (TPSA) is 71.7 Å². The van der Waals surface area contributed by atoms with E-state index in [2.05, 4.69) is 6.07 Å². The highest BCUT2D eigenvalue weighted by atomic mass is 16.5. The van der Waals surface area contributed by atoms with E-state index >= 15 is 0 Å². The third-order valence-corrected chi connectivity index (χ3v) is 4.79. The van der Waals surface area contributed by atoms with E-state index in [9.17, 15) is 5.26 Å². The van der Waals surface area contributed by atoms with Crippen LogP contribution in [0.4, 0.5) is 0 Å². The summed E-state index contributed by atoms with van der Waals surface area (Å²) in [6, 6.07) is 15.4. The van der Waals surface area contributed by atoms with Gasteiger partial charge in [0.25, 0.3) is 0 Å². The van der Waals surface area contributed by atoms with Crippen molar-refractivity contribution in [3.63, 3.8) is 0 Å². The summed E-state index contributed by atoms with van der Waals surface area (Å²) < 4.78 is 16.4. The molecule has 0 bridgehead atoms. The van der Waals surface area contributed by atoms with Crippen LogP contribution in [0.1, 0.15) is 49.7 Å². The SMILES string of the molecule is COc1cc(C=C(C#N)c2ccc(OCCCCCCCCO)cc2)cc(OC)c1. The lowest BCUT2D eigenvalue weighted by atomic mass is 10.0. The van der Waals surface area contributed by atoms with Crippen LogP contribution in [0, 0.1) is 11.3 Å². The maximum absolute atomic E-state index is 9.62. The molecule has 0 aliphatic carbocycles. The predicted octanol–water partition coefficient (Wildman–Crippen LogP) is 5.48. The second-order valence-electron chi connectivity index (χ2n) is 7.03. The molecule has 0 radical (unpaired) electrons. The molecule has 0 unspecified atom stereocenters. The summed E-state index contributed by atoms with van der Waals surface area (Å²) in [6.45, 7) is 0.972. The number of hydrogen-bond donors (Lipinski definition) is 1. The summed E-state index contributed by atoms with van der Waals surface area (Å²) in [7, 11) is 3.20. The van der Waals surface area contributed by atoms with Crippen molar-refractivity contribution in [2.75, 3.05) is 27.4 Å². The van der Waals surface area contributed by atoms with Crippen LogP contribution in [0.15, 0.2) is 42.5 Å². The summed E-state index contributed by atoms with van der Waals surface area (Å²) in [4.78, 5) is 0. The zero-order chi connectivity index (χ0) is 21.6. The van der Waals surface area contributed by atoms with Crippen molar-refractivity contribution in [1.29, 1.82) is 5.26 Å². The van der Waals surface area contributed by atoms with Crippen LogP contribution >= 0.6 is 0 Å². The average molecular weight is 410 g/mol. The Balaban J connectivity index is 1.92. The van der Waals surface area contributed by atoms with Crippen molar-refractivity contribution in [2.45, 2.75) is 38.5 Å². The molecule has 2 aromatic carbocycles. The number of allylic oxidation sites excluding steroid dienone is 1. The van der Waals surface area contributed by atoms with E-state index in [1.807, 2.05) is 42.5 Å². The van der Waals surface area contributed by atoms with Crippen LogP contribution in [0.25, 0.3) is 11.6 Å². The number of nitrogens with zero attached hydrogens (tertiary/aromatic N) is 1. The van der Waals surface area contributed by atoms with Gasteiger partial charge in [-0.05, 0) is 66.4 Å². The minimum Gasteiger partial charge on any atom is -0.497 e. The zero-order valence-electron chi connectivity index (χ0n) is 17.9. The molecule has 160 valence electrons. The highest BCUT2D eigenvalue weighted by molar-refractivity contribution is 5.90. The van der Waals surface area contributed by atoms with E-state index in [1.54, 1.807) is 20.3 Å². The number of rotatable bonds is 13. The van der Waals surface area contributed by atoms with Crippen molar-refractivity contribution in [2.24, 2.45) is 0 Å². The molecule has 0 heterocycles. The molecule has 5 nitrogen and oxygen atoms in total. The fourth-order valence-electron chi connectivity index (χ4n) is 3.10. The van der Waals surface area contributed by atoms with Crippen LogP contribution in [-0.2, 0) is 0 Å². The third-order valence-electron chi connectivity index (χ3n) is 4.79. The molecule has 0 fully saturated rings. The lowest BCUT2D eigenvalue weighted by Crippen LogP contribution is -1.97. The van der Waals surface area contributed by atoms with E-state index in [4.69, 9.17) is 19.3 Å². The van der Waals surface area contributed by atoms with Crippen molar-refractivity contribution in [3.05, 3.63) is 53.6 Å². The molecule has 0 saturated carbocycles. The molecule has 0 spiro atoms. The number of benzene rings is 2. The number of unbranched alkanes of at least 4 members (excludes halogenated alkanes) is 5. The molecule has 2 aromatic rings. The Hall–Kier alpha value is -2.97. The summed E-state index contributed by atoms with van der Waals surface area (Å²) >= 11 is 0. The maximum atomic E-state index is 9.62. The van der Waals surface area contributed by atoms with Crippen molar-refractivity contribution >= 4 is 11.6 Å². The van der Waals surface area contributed by atoms with E-state index < -0.39 is 0 Å². The van der Waals surface area contributed by atoms with E-state index in [-0.39, 0.29) is 6.61 Å². The van der Waals surface area contributed by atoms with Crippen LogP contribution in [-0.4, -0.2) is 32.5 Å². The average Bonchev–Trinajstić information content (AvgIpc) is 2.79. The monoisotopic (exact) mass is 409 g/mol. The maximum Gasteiger partial charge on any atom is 0.123 e. The first-order chi connectivity index (χ1) is 14.7. The molecular weight excluding hydrogens is 378 g/mol. The highest BCUT2D eigenvalue weighted by Crippen LogP contribution is 2.26. The molecule has 0 atom stereocenters. The third kappa shape index (κ3) is 7.81. The van der Waals surface area contributed by atoms with Gasteiger partial charge in [-0.1, -0.05) is 25.7 Å². The second kappa shape index (κ2) is 13.3. The molecule has 0 aromatic heterocycles. The predicted molar refractivity (Wildman–Crippen MR) is 120 cm³/mol. The van der Waals surface area contributed by atoms with E-state index in [0.29, 0.717) is 23.7 Å². The van der Waals surface area contributed by atoms with Gasteiger partial charge in [-0.3, -0.25) is 0 Å². The number of hydrogen-bond acceptors (Lipinski definition) is 5. The number of nitriles is 1. The minimum absolute atomic E-state index is 0.287. The molecule has 0 aliphatic heterocycles. The smallest absolute Gasteiger partial charge is 0.123 e. The molecule has 1 N–H and O–H groups in total. The van der Waals surface area contributed by atoms with Gasteiger partial charge in [-0.2, -0.15) is 5.26 Å². The Kier molecular flexibility index (Phi) is 10.3. The molecule has 5 heteroatoms. The normalized spacial score (nSPS) is 11.1. The van der Waals surface area contributed by atoms with Crippen LogP contribution in [0.5, 0.6) is 17.2 Å². The van der Waals surface area contributed by atoms with Crippen LogP contribution in [0.3, 0.4) is 0 Å². The van der Waals surface area contributed by atoms with Gasteiger partial charge in [0.2, 0.25) is 0 Å². The van der Waals surface area contributed by atoms with Gasteiger partial charge in [-0.25, -0.2) is 0 Å². The fraction of sp³-hybridized carbons (Fsp3) is 0.400. The lowest BCUT2D eigenvalue weighted by Gasteiger charge is -2.08. The number of ether oxygens (including phenoxy) is 3. The number of aliphatic hydroxyl groups excluding tert-OH is 1. The standard InChI is InChI=1S/C25H31NO4/c1-28-24-16-20(17-25(18-24)29-2)15-22(19-26)21-9-11-23(12-10-21)30-14-8-6-4-3-5-7-13-27/h9-12,15-18,27H,3-8,13-14H2,1-2H3. The van der Waals surface area contributed by atoms with Gasteiger partial charge < -0.3 is 19.3 Å². The molecule has 0 aliphatic rings. The molecule has 2 rings (SSSR count). The van der Waals surface area contributed by atoms with Crippen molar-refractivity contribution in [1.82, 2.24) is 0 Å². The lowest BCUT2D eigenvalue weighted by molar-refractivity contribution is 0.280. The van der Waals surface area contributed by atoms with Crippen molar-refractivity contribution in [3.8, 4) is 23.3 Å². The largest absolute Gasteiger partial charge is 0.497 e.